The van der Waals surface area contributed by atoms with Crippen LogP contribution < -0.4 is 0 Å². The number of nitrogens with zero attached hydrogens (tertiary/aromatic N) is 2. The van der Waals surface area contributed by atoms with Crippen molar-refractivity contribution in [2.24, 2.45) is 5.92 Å². The lowest BCUT2D eigenvalue weighted by Crippen LogP contribution is -2.33. The maximum absolute atomic E-state index is 2.57. The van der Waals surface area contributed by atoms with Crippen LogP contribution in [0.3, 0.4) is 0 Å². The third-order valence-corrected chi connectivity index (χ3v) is 16.1. The number of hydrogen-bond acceptors (Lipinski definition) is 1. The molecule has 3 aliphatic carbocycles. The fourth-order valence-electron chi connectivity index (χ4n) is 11.9. The van der Waals surface area contributed by atoms with Crippen molar-refractivity contribution in [1.29, 1.82) is 0 Å². The first kappa shape index (κ1) is 35.2. The van der Waals surface area contributed by atoms with Gasteiger partial charge in [-0.05, 0) is 87.2 Å². The summed E-state index contributed by atoms with van der Waals surface area (Å²) in [4.78, 5) is 1.39. The zero-order chi connectivity index (χ0) is 40.6. The number of rotatable bonds is 4. The van der Waals surface area contributed by atoms with Gasteiger partial charge in [0.25, 0.3) is 0 Å². The summed E-state index contributed by atoms with van der Waals surface area (Å²) in [6.45, 7) is 7.34. The number of benzene rings is 7. The minimum atomic E-state index is -0.000527. The predicted molar refractivity (Wildman–Crippen MR) is 259 cm³/mol. The van der Waals surface area contributed by atoms with E-state index in [1.807, 2.05) is 11.8 Å². The van der Waals surface area contributed by atoms with Gasteiger partial charge in [0.2, 0.25) is 0 Å². The van der Waals surface area contributed by atoms with Crippen LogP contribution in [-0.2, 0) is 10.8 Å². The zero-order valence-corrected chi connectivity index (χ0v) is 35.3. The van der Waals surface area contributed by atoms with Crippen LogP contribution in [0.5, 0.6) is 0 Å². The number of hydrogen-bond donors (Lipinski definition) is 0. The van der Waals surface area contributed by atoms with E-state index in [-0.39, 0.29) is 16.7 Å². The molecule has 2 aromatic heterocycles. The highest BCUT2D eigenvalue weighted by atomic mass is 32.2. The van der Waals surface area contributed by atoms with E-state index in [1.165, 1.54) is 98.8 Å². The Morgan fingerprint density at radius 1 is 0.557 bits per heavy atom. The van der Waals surface area contributed by atoms with Crippen LogP contribution >= 0.6 is 11.8 Å². The van der Waals surface area contributed by atoms with Crippen LogP contribution in [0, 0.1) is 5.92 Å². The van der Waals surface area contributed by atoms with Gasteiger partial charge in [0.05, 0.1) is 22.1 Å². The van der Waals surface area contributed by atoms with Crippen LogP contribution in [0.25, 0.3) is 71.7 Å². The fraction of sp³-hybridized carbons (Fsp3) is 0.138. The largest absolute Gasteiger partial charge is 0.310 e. The topological polar surface area (TPSA) is 9.86 Å². The van der Waals surface area contributed by atoms with Gasteiger partial charge in [-0.15, -0.1) is 11.8 Å². The Morgan fingerprint density at radius 2 is 1.26 bits per heavy atom. The minimum absolute atomic E-state index is 0.000527. The van der Waals surface area contributed by atoms with Crippen molar-refractivity contribution in [1.82, 2.24) is 9.13 Å². The molecule has 3 heterocycles. The summed E-state index contributed by atoms with van der Waals surface area (Å²) in [6, 6.07) is 59.2. The number of para-hydroxylation sites is 4. The highest BCUT2D eigenvalue weighted by Crippen LogP contribution is 2.59. The number of thioether (sulfide) groups is 1. The van der Waals surface area contributed by atoms with E-state index in [1.54, 1.807) is 0 Å². The van der Waals surface area contributed by atoms with Crippen molar-refractivity contribution in [3.8, 4) is 16.8 Å². The summed E-state index contributed by atoms with van der Waals surface area (Å²) in [6.07, 6.45) is 14.5. The van der Waals surface area contributed by atoms with Gasteiger partial charge in [-0.3, -0.25) is 0 Å². The van der Waals surface area contributed by atoms with Crippen LogP contribution in [0.15, 0.2) is 199 Å². The van der Waals surface area contributed by atoms with Gasteiger partial charge in [0.1, 0.15) is 0 Å². The normalized spacial score (nSPS) is 22.0. The Hall–Kier alpha value is -6.55. The molecule has 4 unspecified atom stereocenters. The number of fused-ring (bicyclic) bond motifs is 12. The molecule has 0 saturated carbocycles. The van der Waals surface area contributed by atoms with Crippen molar-refractivity contribution >= 4 is 66.6 Å². The van der Waals surface area contributed by atoms with Crippen molar-refractivity contribution in [3.05, 3.63) is 216 Å². The Morgan fingerprint density at radius 3 is 2.11 bits per heavy atom. The molecule has 1 aliphatic heterocycles. The van der Waals surface area contributed by atoms with Gasteiger partial charge in [-0.2, -0.15) is 0 Å². The summed E-state index contributed by atoms with van der Waals surface area (Å²) >= 11 is 2.04. The number of allylic oxidation sites excluding steroid dienone is 7. The summed E-state index contributed by atoms with van der Waals surface area (Å²) in [5, 5.41) is 5.37. The Labute approximate surface area is 360 Å². The molecule has 0 amide bonds. The highest BCUT2D eigenvalue weighted by molar-refractivity contribution is 8.00. The van der Waals surface area contributed by atoms with Gasteiger partial charge >= 0.3 is 0 Å². The van der Waals surface area contributed by atoms with E-state index in [9.17, 15) is 0 Å². The van der Waals surface area contributed by atoms with Crippen molar-refractivity contribution in [3.63, 3.8) is 0 Å². The van der Waals surface area contributed by atoms with Gasteiger partial charge in [0, 0.05) is 60.0 Å². The molecule has 0 spiro atoms. The van der Waals surface area contributed by atoms with Crippen molar-refractivity contribution < 1.29 is 0 Å². The number of aromatic nitrogens is 2. The molecule has 61 heavy (non-hydrogen) atoms. The van der Waals surface area contributed by atoms with E-state index < -0.39 is 0 Å². The molecular formula is C58H44N2S. The molecule has 4 atom stereocenters. The second-order valence-electron chi connectivity index (χ2n) is 18.3. The van der Waals surface area contributed by atoms with Gasteiger partial charge < -0.3 is 9.13 Å². The minimum Gasteiger partial charge on any atom is -0.310 e. The molecule has 292 valence electrons. The van der Waals surface area contributed by atoms with E-state index in [4.69, 9.17) is 0 Å². The average molecular weight is 801 g/mol. The molecule has 3 heteroatoms. The zero-order valence-electron chi connectivity index (χ0n) is 34.5. The maximum Gasteiger partial charge on any atom is 0.0619 e. The molecule has 9 aromatic rings. The molecular weight excluding hydrogens is 757 g/mol. The monoisotopic (exact) mass is 800 g/mol. The maximum atomic E-state index is 2.57. The lowest BCUT2D eigenvalue weighted by Gasteiger charge is -2.36. The smallest absolute Gasteiger partial charge is 0.0619 e. The third-order valence-electron chi connectivity index (χ3n) is 14.7. The highest BCUT2D eigenvalue weighted by Gasteiger charge is 2.52. The van der Waals surface area contributed by atoms with E-state index >= 15 is 0 Å². The first-order valence-corrected chi connectivity index (χ1v) is 22.6. The molecule has 0 N–H and O–H groups in total. The molecule has 0 fully saturated rings. The fourth-order valence-corrected chi connectivity index (χ4v) is 13.4. The van der Waals surface area contributed by atoms with Crippen LogP contribution in [-0.4, -0.2) is 14.4 Å². The molecule has 0 saturated heterocycles. The first-order valence-electron chi connectivity index (χ1n) is 21.7. The molecule has 4 aliphatic rings. The average Bonchev–Trinajstić information content (AvgIpc) is 4.00. The van der Waals surface area contributed by atoms with Crippen LogP contribution in [0.4, 0.5) is 0 Å². The van der Waals surface area contributed by atoms with E-state index in [2.05, 4.69) is 224 Å². The van der Waals surface area contributed by atoms with Crippen LogP contribution in [0.1, 0.15) is 48.9 Å². The third kappa shape index (κ3) is 4.87. The second kappa shape index (κ2) is 12.7. The Bertz CT molecular complexity index is 3460. The molecule has 7 aromatic carbocycles. The SMILES string of the molecule is CC1(C)c2cc(C3=CC(n4c5ccccc5c5ccc(-c6cccc7c8ccccc8n(-c8ccccc8)c67)cc54)=CC4c5ccccc5SC34)ccc2C2(C)C=CC=CC12. The molecule has 13 rings (SSSR count). The van der Waals surface area contributed by atoms with Crippen molar-refractivity contribution in [2.75, 3.05) is 0 Å². The summed E-state index contributed by atoms with van der Waals surface area (Å²) in [7, 11) is 0. The molecule has 0 radical (unpaired) electrons. The van der Waals surface area contributed by atoms with E-state index in [0.717, 1.165) is 0 Å². The second-order valence-corrected chi connectivity index (χ2v) is 19.4. The van der Waals surface area contributed by atoms with Crippen LogP contribution in [0.2, 0.25) is 0 Å². The lowest BCUT2D eigenvalue weighted by atomic mass is 9.67. The first-order chi connectivity index (χ1) is 29.9. The van der Waals surface area contributed by atoms with Gasteiger partial charge in [-0.1, -0.05) is 172 Å². The lowest BCUT2D eigenvalue weighted by molar-refractivity contribution is 0.324. The Kier molecular flexibility index (Phi) is 7.36. The van der Waals surface area contributed by atoms with Gasteiger partial charge in [0.15, 0.2) is 0 Å². The summed E-state index contributed by atoms with van der Waals surface area (Å²) in [5.74, 6) is 0.675. The standard InChI is InChI=1S/C58H44N2S/c1-57(2)49-32-36(28-30-48(49)58(3)31-14-13-26-54(57)58)46-34-39(35-47-44-20-9-12-25-53(44)61-56(46)47)59-50-23-10-7-18-41(50)43-29-27-37(33-52(43)59)40-21-15-22-45-42-19-8-11-24-51(42)60(55(40)45)38-16-5-4-6-17-38/h4-35,47,54,56H,1-3H3. The molecule has 2 nitrogen and oxygen atoms in total. The molecule has 0 bridgehead atoms. The van der Waals surface area contributed by atoms with Crippen molar-refractivity contribution in [2.45, 2.75) is 47.7 Å². The van der Waals surface area contributed by atoms with E-state index in [0.29, 0.717) is 11.2 Å². The predicted octanol–water partition coefficient (Wildman–Crippen LogP) is 15.0. The Balaban J connectivity index is 1.04. The quantitative estimate of drug-likeness (QED) is 0.172. The summed E-state index contributed by atoms with van der Waals surface area (Å²) < 4.78 is 5.01. The summed E-state index contributed by atoms with van der Waals surface area (Å²) in [5.41, 5.74) is 16.9. The van der Waals surface area contributed by atoms with Gasteiger partial charge in [-0.25, -0.2) is 0 Å².